The Labute approximate surface area is 70.2 Å². The van der Waals surface area contributed by atoms with E-state index in [-0.39, 0.29) is 21.1 Å². The van der Waals surface area contributed by atoms with Gasteiger partial charge in [0.05, 0.1) is 0 Å². The summed E-state index contributed by atoms with van der Waals surface area (Å²) in [4.78, 5) is 11.6. The first kappa shape index (κ1) is 11.7. The van der Waals surface area contributed by atoms with Crippen LogP contribution in [0.3, 0.4) is 0 Å². The molecule has 0 radical (unpaired) electrons. The van der Waals surface area contributed by atoms with Gasteiger partial charge in [-0.2, -0.15) is 5.57 Å². The van der Waals surface area contributed by atoms with Crippen LogP contribution in [0.5, 0.6) is 0 Å². The number of allylic oxidation sites excluding steroid dienone is 1. The molecular weight excluding hydrogens is 286 g/mol. The summed E-state index contributed by atoms with van der Waals surface area (Å²) in [6.45, 7) is 1.72. The molecule has 0 saturated carbocycles. The monoisotopic (exact) mass is 296 g/mol. The summed E-state index contributed by atoms with van der Waals surface area (Å²) in [6.07, 6.45) is 3.48. The largest absolute Gasteiger partial charge is 0.459 e. The molecule has 0 spiro atoms. The van der Waals surface area contributed by atoms with Crippen LogP contribution in [0.2, 0.25) is 0 Å². The first-order valence-corrected chi connectivity index (χ1v) is 2.40. The second-order valence-corrected chi connectivity index (χ2v) is 1.88. The molecule has 2 nitrogen and oxygen atoms in total. The van der Waals surface area contributed by atoms with Gasteiger partial charge in [-0.3, -0.25) is 0 Å². The van der Waals surface area contributed by atoms with Gasteiger partial charge in [-0.1, -0.05) is 6.92 Å². The third-order valence-corrected chi connectivity index (χ3v) is 0.613. The maximum atomic E-state index is 9.82. The molecule has 0 aliphatic carbocycles. The number of nitrogens with zero attached hydrogens (tertiary/aromatic N) is 1. The van der Waals surface area contributed by atoms with E-state index in [9.17, 15) is 4.79 Å². The van der Waals surface area contributed by atoms with Crippen LogP contribution in [0, 0.1) is 0 Å². The minimum Gasteiger partial charge on any atom is -0.459 e. The van der Waals surface area contributed by atoms with Crippen LogP contribution < -0.4 is 0 Å². The van der Waals surface area contributed by atoms with Gasteiger partial charge in [0, 0.05) is 21.1 Å². The predicted octanol–water partition coefficient (Wildman–Crippen LogP) is 0.559. The second-order valence-electron chi connectivity index (χ2n) is 1.88. The summed E-state index contributed by atoms with van der Waals surface area (Å²) >= 11 is 0. The summed E-state index contributed by atoms with van der Waals surface area (Å²) in [6, 6.07) is 0. The van der Waals surface area contributed by atoms with Gasteiger partial charge in [-0.15, -0.1) is 6.20 Å². The zero-order valence-electron chi connectivity index (χ0n) is 5.84. The quantitative estimate of drug-likeness (QED) is 0.548. The van der Waals surface area contributed by atoms with E-state index in [4.69, 9.17) is 0 Å². The van der Waals surface area contributed by atoms with Gasteiger partial charge in [-0.05, 0) is 20.4 Å². The van der Waals surface area contributed by atoms with Crippen LogP contribution in [-0.2, 0) is 25.9 Å². The fourth-order valence-corrected chi connectivity index (χ4v) is 0.414. The Balaban J connectivity index is 0. The molecule has 52 valence electrons. The van der Waals surface area contributed by atoms with Crippen LogP contribution in [0.4, 0.5) is 0 Å². The zero-order chi connectivity index (χ0) is 6.57. The summed E-state index contributed by atoms with van der Waals surface area (Å²) in [5.41, 5.74) is 0.620. The molecule has 0 heterocycles. The van der Waals surface area contributed by atoms with E-state index in [2.05, 4.69) is 0 Å². The standard InChI is InChI=1S/C6H10NO.W/c1-6(5-8)4-7(2)3;/h4H,1-3H3;/q-1;/b6-4+;. The number of rotatable bonds is 2. The number of hydrogen-bond donors (Lipinski definition) is 0. The molecule has 0 aliphatic heterocycles. The summed E-state index contributed by atoms with van der Waals surface area (Å²) in [5, 5.41) is 0. The maximum absolute atomic E-state index is 9.82. The first-order valence-electron chi connectivity index (χ1n) is 2.40. The van der Waals surface area contributed by atoms with Crippen molar-refractivity contribution < 1.29 is 25.9 Å². The molecular formula is C6H10NOW-. The van der Waals surface area contributed by atoms with E-state index in [1.54, 1.807) is 24.3 Å². The molecule has 0 aromatic rings. The van der Waals surface area contributed by atoms with Crippen molar-refractivity contribution in [1.82, 2.24) is 4.90 Å². The molecule has 0 N–H and O–H groups in total. The molecule has 0 aliphatic rings. The summed E-state index contributed by atoms with van der Waals surface area (Å²) in [7, 11) is 3.72. The van der Waals surface area contributed by atoms with Gasteiger partial charge in [0.15, 0.2) is 0 Å². The van der Waals surface area contributed by atoms with Crippen LogP contribution in [0.25, 0.3) is 0 Å². The van der Waals surface area contributed by atoms with Crippen LogP contribution >= 0.6 is 0 Å². The van der Waals surface area contributed by atoms with Crippen molar-refractivity contribution in [1.29, 1.82) is 0 Å². The molecule has 9 heavy (non-hydrogen) atoms. The average Bonchev–Trinajstić information content (AvgIpc) is 1.65. The van der Waals surface area contributed by atoms with Gasteiger partial charge in [0.1, 0.15) is 0 Å². The van der Waals surface area contributed by atoms with Crippen molar-refractivity contribution in [2.75, 3.05) is 14.1 Å². The predicted molar refractivity (Wildman–Crippen MR) is 33.1 cm³/mol. The molecule has 0 amide bonds. The Hall–Kier alpha value is -0.102. The fourth-order valence-electron chi connectivity index (χ4n) is 0.414. The smallest absolute Gasteiger partial charge is 0 e. The van der Waals surface area contributed by atoms with E-state index in [0.717, 1.165) is 0 Å². The van der Waals surface area contributed by atoms with Crippen LogP contribution in [0.15, 0.2) is 11.8 Å². The van der Waals surface area contributed by atoms with Crippen molar-refractivity contribution >= 4 is 6.29 Å². The molecule has 0 rings (SSSR count). The Bertz CT molecular complexity index is 110. The third-order valence-electron chi connectivity index (χ3n) is 0.613. The van der Waals surface area contributed by atoms with Crippen LogP contribution in [0.1, 0.15) is 6.92 Å². The van der Waals surface area contributed by atoms with E-state index in [0.29, 0.717) is 5.57 Å². The molecule has 3 heteroatoms. The first-order chi connectivity index (χ1) is 3.66. The molecule has 0 unspecified atom stereocenters. The maximum Gasteiger partial charge on any atom is 0 e. The molecule has 0 atom stereocenters. The van der Waals surface area contributed by atoms with Gasteiger partial charge in [-0.25, -0.2) is 0 Å². The Morgan fingerprint density at radius 1 is 1.56 bits per heavy atom. The normalized spacial score (nSPS) is 9.89. The van der Waals surface area contributed by atoms with Gasteiger partial charge >= 0.3 is 0 Å². The van der Waals surface area contributed by atoms with Crippen molar-refractivity contribution in [3.63, 3.8) is 0 Å². The van der Waals surface area contributed by atoms with Crippen LogP contribution in [-0.4, -0.2) is 25.3 Å². The average molecular weight is 296 g/mol. The van der Waals surface area contributed by atoms with Crippen molar-refractivity contribution in [3.05, 3.63) is 11.8 Å². The topological polar surface area (TPSA) is 20.3 Å². The second kappa shape index (κ2) is 6.02. The Kier molecular flexibility index (Phi) is 7.81. The zero-order valence-corrected chi connectivity index (χ0v) is 8.77. The SMILES string of the molecule is C/C([C-]=O)=C\N(C)C.[W]. The van der Waals surface area contributed by atoms with Gasteiger partial charge < -0.3 is 9.69 Å². The molecule has 0 aromatic heterocycles. The van der Waals surface area contributed by atoms with E-state index < -0.39 is 0 Å². The molecule has 0 saturated heterocycles. The van der Waals surface area contributed by atoms with Crippen molar-refractivity contribution in [2.45, 2.75) is 6.92 Å². The van der Waals surface area contributed by atoms with E-state index in [1.165, 1.54) is 0 Å². The molecule has 0 fully saturated rings. The van der Waals surface area contributed by atoms with Crippen molar-refractivity contribution in [2.24, 2.45) is 0 Å². The van der Waals surface area contributed by atoms with Gasteiger partial charge in [0.25, 0.3) is 0 Å². The number of carbonyl (C=O) groups excluding carboxylic acids is 1. The fraction of sp³-hybridized carbons (Fsp3) is 0.500. The minimum absolute atomic E-state index is 0. The van der Waals surface area contributed by atoms with Crippen molar-refractivity contribution in [3.8, 4) is 0 Å². The Morgan fingerprint density at radius 3 is 2.11 bits per heavy atom. The minimum atomic E-state index is 0. The number of hydrogen-bond acceptors (Lipinski definition) is 2. The summed E-state index contributed by atoms with van der Waals surface area (Å²) < 4.78 is 0. The summed E-state index contributed by atoms with van der Waals surface area (Å²) in [5.74, 6) is 0. The third kappa shape index (κ3) is 7.90. The van der Waals surface area contributed by atoms with E-state index >= 15 is 0 Å². The molecule has 0 bridgehead atoms. The van der Waals surface area contributed by atoms with E-state index in [1.807, 2.05) is 14.1 Å². The van der Waals surface area contributed by atoms with Gasteiger partial charge in [0.2, 0.25) is 0 Å². The Morgan fingerprint density at radius 2 is 2.00 bits per heavy atom. The molecule has 0 aromatic carbocycles.